The maximum atomic E-state index is 8.37. The van der Waals surface area contributed by atoms with E-state index in [-0.39, 0.29) is 5.84 Å². The van der Waals surface area contributed by atoms with Crippen molar-refractivity contribution in [3.05, 3.63) is 23.4 Å². The van der Waals surface area contributed by atoms with Crippen molar-refractivity contribution in [3.8, 4) is 0 Å². The van der Waals surface area contributed by atoms with Gasteiger partial charge < -0.3 is 10.9 Å². The van der Waals surface area contributed by atoms with Crippen molar-refractivity contribution in [1.29, 1.82) is 0 Å². The number of oxime groups is 1. The van der Waals surface area contributed by atoms with Gasteiger partial charge in [-0.3, -0.25) is 0 Å². The zero-order valence-electron chi connectivity index (χ0n) is 9.60. The molecule has 0 bridgehead atoms. The van der Waals surface area contributed by atoms with Crippen LogP contribution in [0.4, 0.5) is 0 Å². The second-order valence-electron chi connectivity index (χ2n) is 3.67. The van der Waals surface area contributed by atoms with Crippen LogP contribution in [-0.4, -0.2) is 21.8 Å². The number of aryl methyl sites for hydroxylation is 2. The molecule has 1 heterocycles. The van der Waals surface area contributed by atoms with E-state index in [2.05, 4.69) is 29.2 Å². The number of hydrogen-bond donors (Lipinski definition) is 2. The van der Waals surface area contributed by atoms with Crippen LogP contribution in [0.25, 0.3) is 0 Å². The standard InChI is InChI=1S/C11H17N3OS/c1-8-6-9(2)13-11(7-8)16-5-3-4-10(12)14-15/h6-7,15H,3-5H2,1-2H3,(H2,12,14). The van der Waals surface area contributed by atoms with Gasteiger partial charge >= 0.3 is 0 Å². The number of pyridine rings is 1. The molecular formula is C11H17N3OS. The summed E-state index contributed by atoms with van der Waals surface area (Å²) >= 11 is 1.70. The third kappa shape index (κ3) is 4.53. The van der Waals surface area contributed by atoms with E-state index in [4.69, 9.17) is 10.9 Å². The summed E-state index contributed by atoms with van der Waals surface area (Å²) < 4.78 is 0. The van der Waals surface area contributed by atoms with Crippen LogP contribution >= 0.6 is 11.8 Å². The fourth-order valence-electron chi connectivity index (χ4n) is 1.36. The Bertz CT molecular complexity index is 359. The molecule has 0 saturated carbocycles. The van der Waals surface area contributed by atoms with E-state index in [0.717, 1.165) is 22.9 Å². The molecule has 4 nitrogen and oxygen atoms in total. The number of nitrogens with two attached hydrogens (primary N) is 1. The largest absolute Gasteiger partial charge is 0.409 e. The molecule has 3 N–H and O–H groups in total. The lowest BCUT2D eigenvalue weighted by molar-refractivity contribution is 0.317. The van der Waals surface area contributed by atoms with Gasteiger partial charge in [0.2, 0.25) is 0 Å². The predicted molar refractivity (Wildman–Crippen MR) is 67.1 cm³/mol. The van der Waals surface area contributed by atoms with E-state index in [1.807, 2.05) is 6.92 Å². The molecule has 1 aromatic rings. The van der Waals surface area contributed by atoms with Crippen LogP contribution in [0.5, 0.6) is 0 Å². The maximum Gasteiger partial charge on any atom is 0.139 e. The minimum Gasteiger partial charge on any atom is -0.409 e. The molecule has 0 aliphatic heterocycles. The van der Waals surface area contributed by atoms with Gasteiger partial charge in [0.15, 0.2) is 0 Å². The molecule has 0 fully saturated rings. The van der Waals surface area contributed by atoms with Crippen molar-refractivity contribution in [2.75, 3.05) is 5.75 Å². The molecule has 5 heteroatoms. The SMILES string of the molecule is Cc1cc(C)nc(SCCC/C(N)=N/O)c1. The van der Waals surface area contributed by atoms with Gasteiger partial charge in [-0.2, -0.15) is 0 Å². The van der Waals surface area contributed by atoms with Gasteiger partial charge in [-0.15, -0.1) is 11.8 Å². The summed E-state index contributed by atoms with van der Waals surface area (Å²) in [6.45, 7) is 4.06. The van der Waals surface area contributed by atoms with E-state index < -0.39 is 0 Å². The first-order chi connectivity index (χ1) is 7.61. The van der Waals surface area contributed by atoms with Crippen LogP contribution in [-0.2, 0) is 0 Å². The molecule has 0 radical (unpaired) electrons. The monoisotopic (exact) mass is 239 g/mol. The Balaban J connectivity index is 2.37. The molecule has 0 spiro atoms. The van der Waals surface area contributed by atoms with Crippen LogP contribution in [0, 0.1) is 13.8 Å². The molecule has 0 aromatic carbocycles. The van der Waals surface area contributed by atoms with Gasteiger partial charge in [-0.1, -0.05) is 5.16 Å². The van der Waals surface area contributed by atoms with E-state index in [1.54, 1.807) is 11.8 Å². The van der Waals surface area contributed by atoms with Crippen LogP contribution in [0.15, 0.2) is 22.3 Å². The third-order valence-corrected chi connectivity index (χ3v) is 3.03. The summed E-state index contributed by atoms with van der Waals surface area (Å²) in [5.74, 6) is 1.21. The normalized spacial score (nSPS) is 11.8. The van der Waals surface area contributed by atoms with E-state index in [9.17, 15) is 0 Å². The Labute approximate surface area is 99.9 Å². The number of thioether (sulfide) groups is 1. The van der Waals surface area contributed by atoms with E-state index in [0.29, 0.717) is 6.42 Å². The number of amidine groups is 1. The van der Waals surface area contributed by atoms with Crippen LogP contribution in [0.3, 0.4) is 0 Å². The molecular weight excluding hydrogens is 222 g/mol. The minimum absolute atomic E-state index is 0.286. The number of rotatable bonds is 5. The zero-order valence-corrected chi connectivity index (χ0v) is 10.4. The van der Waals surface area contributed by atoms with Gasteiger partial charge in [0.25, 0.3) is 0 Å². The smallest absolute Gasteiger partial charge is 0.139 e. The summed E-state index contributed by atoms with van der Waals surface area (Å²) in [5.41, 5.74) is 7.64. The zero-order chi connectivity index (χ0) is 12.0. The third-order valence-electron chi connectivity index (χ3n) is 2.03. The lowest BCUT2D eigenvalue weighted by atomic mass is 10.3. The van der Waals surface area contributed by atoms with Gasteiger partial charge in [-0.05, 0) is 43.7 Å². The molecule has 0 aliphatic carbocycles. The first kappa shape index (κ1) is 12.8. The fraction of sp³-hybridized carbons (Fsp3) is 0.455. The van der Waals surface area contributed by atoms with Crippen molar-refractivity contribution in [1.82, 2.24) is 4.98 Å². The molecule has 0 aliphatic rings. The molecule has 0 atom stereocenters. The molecule has 1 rings (SSSR count). The van der Waals surface area contributed by atoms with Gasteiger partial charge in [0.05, 0.1) is 5.03 Å². The highest BCUT2D eigenvalue weighted by atomic mass is 32.2. The highest BCUT2D eigenvalue weighted by Crippen LogP contribution is 2.18. The average molecular weight is 239 g/mol. The quantitative estimate of drug-likeness (QED) is 0.206. The van der Waals surface area contributed by atoms with Crippen molar-refractivity contribution < 1.29 is 5.21 Å². The van der Waals surface area contributed by atoms with Crippen LogP contribution in [0.1, 0.15) is 24.1 Å². The van der Waals surface area contributed by atoms with Gasteiger partial charge in [0, 0.05) is 12.1 Å². The summed E-state index contributed by atoms with van der Waals surface area (Å²) in [4.78, 5) is 4.42. The van der Waals surface area contributed by atoms with Crippen LogP contribution < -0.4 is 5.73 Å². The van der Waals surface area contributed by atoms with Gasteiger partial charge in [0.1, 0.15) is 5.84 Å². The van der Waals surface area contributed by atoms with E-state index in [1.165, 1.54) is 5.56 Å². The minimum atomic E-state index is 0.286. The summed E-state index contributed by atoms with van der Waals surface area (Å²) in [6.07, 6.45) is 1.50. The Hall–Kier alpha value is -1.23. The number of aromatic nitrogens is 1. The Morgan fingerprint density at radius 2 is 2.25 bits per heavy atom. The number of nitrogens with zero attached hydrogens (tertiary/aromatic N) is 2. The van der Waals surface area contributed by atoms with Crippen molar-refractivity contribution in [2.45, 2.75) is 31.7 Å². The topological polar surface area (TPSA) is 71.5 Å². The average Bonchev–Trinajstić information content (AvgIpc) is 2.22. The van der Waals surface area contributed by atoms with Crippen molar-refractivity contribution >= 4 is 17.6 Å². The fourth-order valence-corrected chi connectivity index (χ4v) is 2.33. The molecule has 0 saturated heterocycles. The van der Waals surface area contributed by atoms with Crippen LogP contribution in [0.2, 0.25) is 0 Å². The summed E-state index contributed by atoms with van der Waals surface area (Å²) in [7, 11) is 0. The van der Waals surface area contributed by atoms with Crippen molar-refractivity contribution in [2.24, 2.45) is 10.9 Å². The second kappa shape index (κ2) is 6.37. The highest BCUT2D eigenvalue weighted by molar-refractivity contribution is 7.99. The summed E-state index contributed by atoms with van der Waals surface area (Å²) in [5, 5.41) is 12.3. The maximum absolute atomic E-state index is 8.37. The first-order valence-corrected chi connectivity index (χ1v) is 6.15. The predicted octanol–water partition coefficient (Wildman–Crippen LogP) is 2.32. The number of hydrogen-bond acceptors (Lipinski definition) is 4. The second-order valence-corrected chi connectivity index (χ2v) is 4.78. The van der Waals surface area contributed by atoms with Gasteiger partial charge in [-0.25, -0.2) is 4.98 Å². The molecule has 88 valence electrons. The molecule has 0 amide bonds. The Morgan fingerprint density at radius 3 is 2.88 bits per heavy atom. The highest BCUT2D eigenvalue weighted by Gasteiger charge is 1.99. The van der Waals surface area contributed by atoms with Crippen molar-refractivity contribution in [3.63, 3.8) is 0 Å². The Kier molecular flexibility index (Phi) is 5.11. The first-order valence-electron chi connectivity index (χ1n) is 5.16. The molecule has 16 heavy (non-hydrogen) atoms. The molecule has 1 aromatic heterocycles. The van der Waals surface area contributed by atoms with E-state index >= 15 is 0 Å². The molecule has 0 unspecified atom stereocenters. The lowest BCUT2D eigenvalue weighted by Crippen LogP contribution is -2.11. The lowest BCUT2D eigenvalue weighted by Gasteiger charge is -2.03. The Morgan fingerprint density at radius 1 is 1.50 bits per heavy atom. The summed E-state index contributed by atoms with van der Waals surface area (Å²) in [6, 6.07) is 4.13.